The molecule has 0 bridgehead atoms. The minimum absolute atomic E-state index is 0.0792. The number of benzene rings is 3. The maximum atomic E-state index is 12.5. The van der Waals surface area contributed by atoms with E-state index in [1.807, 2.05) is 30.3 Å². The van der Waals surface area contributed by atoms with Crippen LogP contribution in [-0.2, 0) is 14.3 Å². The van der Waals surface area contributed by atoms with Crippen molar-refractivity contribution in [3.63, 3.8) is 0 Å². The van der Waals surface area contributed by atoms with E-state index in [4.69, 9.17) is 14.2 Å². The minimum atomic E-state index is -0.618. The number of fused-ring (bicyclic) bond motifs is 1. The SMILES string of the molecule is COc1ccccc1NC(=O)c1ccc(NC(=O)COC(=O)C2=Cc3ccccc3OC2)cc1. The largest absolute Gasteiger partial charge is 0.495 e. The van der Waals surface area contributed by atoms with E-state index >= 15 is 0 Å². The first-order valence-electron chi connectivity index (χ1n) is 10.5. The number of para-hydroxylation sites is 3. The molecule has 2 amide bonds. The van der Waals surface area contributed by atoms with Crippen LogP contribution in [0, 0.1) is 0 Å². The Hall–Kier alpha value is -4.59. The second-order valence-corrected chi connectivity index (χ2v) is 7.35. The van der Waals surface area contributed by atoms with Crippen molar-refractivity contribution in [2.24, 2.45) is 0 Å². The number of hydrogen-bond donors (Lipinski definition) is 2. The Morgan fingerprint density at radius 1 is 0.912 bits per heavy atom. The van der Waals surface area contributed by atoms with Gasteiger partial charge in [-0.25, -0.2) is 4.79 Å². The lowest BCUT2D eigenvalue weighted by Crippen LogP contribution is -2.24. The lowest BCUT2D eigenvalue weighted by atomic mass is 10.1. The fourth-order valence-corrected chi connectivity index (χ4v) is 3.30. The highest BCUT2D eigenvalue weighted by Crippen LogP contribution is 2.26. The summed E-state index contributed by atoms with van der Waals surface area (Å²) in [6, 6.07) is 20.7. The number of rotatable bonds is 7. The first-order valence-corrected chi connectivity index (χ1v) is 10.5. The molecule has 34 heavy (non-hydrogen) atoms. The zero-order valence-corrected chi connectivity index (χ0v) is 18.4. The first kappa shape index (κ1) is 22.6. The molecule has 0 radical (unpaired) electrons. The maximum absolute atomic E-state index is 12.5. The minimum Gasteiger partial charge on any atom is -0.495 e. The van der Waals surface area contributed by atoms with Gasteiger partial charge in [0.15, 0.2) is 6.61 Å². The molecule has 8 heteroatoms. The Morgan fingerprint density at radius 3 is 2.44 bits per heavy atom. The summed E-state index contributed by atoms with van der Waals surface area (Å²) in [7, 11) is 1.53. The zero-order chi connectivity index (χ0) is 23.9. The lowest BCUT2D eigenvalue weighted by Gasteiger charge is -2.16. The van der Waals surface area contributed by atoms with Crippen LogP contribution in [0.4, 0.5) is 11.4 Å². The molecule has 0 atom stereocenters. The van der Waals surface area contributed by atoms with E-state index in [-0.39, 0.29) is 12.5 Å². The highest BCUT2D eigenvalue weighted by Gasteiger charge is 2.19. The second kappa shape index (κ2) is 10.4. The van der Waals surface area contributed by atoms with Crippen LogP contribution in [0.2, 0.25) is 0 Å². The summed E-state index contributed by atoms with van der Waals surface area (Å²) in [4.78, 5) is 37.0. The van der Waals surface area contributed by atoms with Crippen LogP contribution in [0.1, 0.15) is 15.9 Å². The molecular weight excluding hydrogens is 436 g/mol. The maximum Gasteiger partial charge on any atom is 0.338 e. The van der Waals surface area contributed by atoms with E-state index in [0.717, 1.165) is 5.56 Å². The lowest BCUT2D eigenvalue weighted by molar-refractivity contribution is -0.143. The van der Waals surface area contributed by atoms with Gasteiger partial charge in [-0.2, -0.15) is 0 Å². The number of nitrogens with one attached hydrogen (secondary N) is 2. The smallest absolute Gasteiger partial charge is 0.338 e. The summed E-state index contributed by atoms with van der Waals surface area (Å²) in [5.74, 6) is -0.197. The molecule has 0 saturated heterocycles. The fourth-order valence-electron chi connectivity index (χ4n) is 3.30. The zero-order valence-electron chi connectivity index (χ0n) is 18.4. The molecule has 1 aliphatic rings. The average molecular weight is 458 g/mol. The topological polar surface area (TPSA) is 103 Å². The van der Waals surface area contributed by atoms with Crippen LogP contribution in [0.5, 0.6) is 11.5 Å². The monoisotopic (exact) mass is 458 g/mol. The summed E-state index contributed by atoms with van der Waals surface area (Å²) in [5.41, 5.74) is 2.52. The number of methoxy groups -OCH3 is 1. The summed E-state index contributed by atoms with van der Waals surface area (Å²) >= 11 is 0. The third-order valence-corrected chi connectivity index (χ3v) is 5.01. The third-order valence-electron chi connectivity index (χ3n) is 5.01. The second-order valence-electron chi connectivity index (χ2n) is 7.35. The molecule has 172 valence electrons. The predicted molar refractivity (Wildman–Crippen MR) is 127 cm³/mol. The van der Waals surface area contributed by atoms with Gasteiger partial charge >= 0.3 is 5.97 Å². The van der Waals surface area contributed by atoms with Crippen LogP contribution in [0.3, 0.4) is 0 Å². The van der Waals surface area contributed by atoms with Gasteiger partial charge in [-0.15, -0.1) is 0 Å². The van der Waals surface area contributed by atoms with E-state index in [9.17, 15) is 14.4 Å². The number of carbonyl (C=O) groups excluding carboxylic acids is 3. The van der Waals surface area contributed by atoms with Gasteiger partial charge in [0.05, 0.1) is 18.4 Å². The van der Waals surface area contributed by atoms with Gasteiger partial charge in [-0.05, 0) is 48.5 Å². The molecule has 2 N–H and O–H groups in total. The van der Waals surface area contributed by atoms with Crippen LogP contribution in [0.25, 0.3) is 6.08 Å². The molecular formula is C26H22N2O6. The van der Waals surface area contributed by atoms with Gasteiger partial charge in [0.25, 0.3) is 11.8 Å². The van der Waals surface area contributed by atoms with E-state index in [1.165, 1.54) is 7.11 Å². The van der Waals surface area contributed by atoms with Crippen LogP contribution in [-0.4, -0.2) is 38.1 Å². The van der Waals surface area contributed by atoms with Crippen molar-refractivity contribution in [3.8, 4) is 11.5 Å². The van der Waals surface area contributed by atoms with Crippen LogP contribution >= 0.6 is 0 Å². The van der Waals surface area contributed by atoms with E-state index < -0.39 is 18.5 Å². The Labute approximate surface area is 196 Å². The van der Waals surface area contributed by atoms with Gasteiger partial charge in [-0.1, -0.05) is 30.3 Å². The van der Waals surface area contributed by atoms with Crippen molar-refractivity contribution in [3.05, 3.63) is 89.5 Å². The number of anilines is 2. The molecule has 8 nitrogen and oxygen atoms in total. The fraction of sp³-hybridized carbons (Fsp3) is 0.115. The van der Waals surface area contributed by atoms with Crippen LogP contribution < -0.4 is 20.1 Å². The molecule has 1 aliphatic heterocycles. The highest BCUT2D eigenvalue weighted by atomic mass is 16.5. The van der Waals surface area contributed by atoms with Gasteiger partial charge < -0.3 is 24.8 Å². The van der Waals surface area contributed by atoms with Crippen molar-refractivity contribution in [1.29, 1.82) is 0 Å². The van der Waals surface area contributed by atoms with E-state index in [2.05, 4.69) is 10.6 Å². The van der Waals surface area contributed by atoms with Crippen molar-refractivity contribution in [2.75, 3.05) is 31.0 Å². The summed E-state index contributed by atoms with van der Waals surface area (Å²) < 4.78 is 15.9. The number of carbonyl (C=O) groups is 3. The molecule has 0 spiro atoms. The molecule has 0 saturated carbocycles. The van der Waals surface area contributed by atoms with Crippen molar-refractivity contribution >= 4 is 35.2 Å². The van der Waals surface area contributed by atoms with E-state index in [0.29, 0.717) is 34.0 Å². The average Bonchev–Trinajstić information content (AvgIpc) is 2.87. The molecule has 0 fully saturated rings. The summed E-state index contributed by atoms with van der Waals surface area (Å²) in [6.45, 7) is -0.371. The summed E-state index contributed by atoms with van der Waals surface area (Å²) in [5, 5.41) is 5.42. The molecule has 1 heterocycles. The molecule has 3 aromatic rings. The molecule has 0 unspecified atom stereocenters. The Bertz CT molecular complexity index is 1250. The Morgan fingerprint density at radius 2 is 1.65 bits per heavy atom. The first-order chi connectivity index (χ1) is 16.5. The Kier molecular flexibility index (Phi) is 6.88. The van der Waals surface area contributed by atoms with Gasteiger partial charge in [-0.3, -0.25) is 9.59 Å². The standard InChI is InChI=1S/C26H22N2O6/c1-32-23-9-5-3-7-21(23)28-25(30)17-10-12-20(13-11-17)27-24(29)16-34-26(31)19-14-18-6-2-4-8-22(18)33-15-19/h2-14H,15-16H2,1H3,(H,27,29)(H,28,30). The number of amides is 2. The van der Waals surface area contributed by atoms with Crippen molar-refractivity contribution in [1.82, 2.24) is 0 Å². The predicted octanol–water partition coefficient (Wildman–Crippen LogP) is 3.91. The Balaban J connectivity index is 1.29. The third kappa shape index (κ3) is 5.42. The summed E-state index contributed by atoms with van der Waals surface area (Å²) in [6.07, 6.45) is 1.69. The molecule has 0 aliphatic carbocycles. The normalized spacial score (nSPS) is 11.9. The van der Waals surface area contributed by atoms with Gasteiger partial charge in [0, 0.05) is 16.8 Å². The van der Waals surface area contributed by atoms with Gasteiger partial charge in [0.2, 0.25) is 0 Å². The number of hydrogen-bond acceptors (Lipinski definition) is 6. The highest BCUT2D eigenvalue weighted by molar-refractivity contribution is 6.05. The quantitative estimate of drug-likeness (QED) is 0.521. The number of ether oxygens (including phenoxy) is 3. The van der Waals surface area contributed by atoms with Gasteiger partial charge in [0.1, 0.15) is 18.1 Å². The molecule has 3 aromatic carbocycles. The number of esters is 1. The van der Waals surface area contributed by atoms with Crippen molar-refractivity contribution < 1.29 is 28.6 Å². The van der Waals surface area contributed by atoms with Crippen LogP contribution in [0.15, 0.2) is 78.4 Å². The molecule has 4 rings (SSSR count). The van der Waals surface area contributed by atoms with E-state index in [1.54, 1.807) is 48.5 Å². The molecule has 0 aromatic heterocycles. The van der Waals surface area contributed by atoms with Crippen molar-refractivity contribution in [2.45, 2.75) is 0 Å².